The molecule has 0 spiro atoms. The van der Waals surface area contributed by atoms with Crippen molar-refractivity contribution in [3.8, 4) is 0 Å². The van der Waals surface area contributed by atoms with E-state index in [0.717, 1.165) is 38.0 Å². The van der Waals surface area contributed by atoms with Gasteiger partial charge < -0.3 is 20.8 Å². The van der Waals surface area contributed by atoms with Gasteiger partial charge in [-0.2, -0.15) is 0 Å². The lowest BCUT2D eigenvalue weighted by Crippen LogP contribution is -2.48. The van der Waals surface area contributed by atoms with Gasteiger partial charge in [0.15, 0.2) is 11.7 Å². The van der Waals surface area contributed by atoms with E-state index in [-0.39, 0.29) is 29.7 Å². The van der Waals surface area contributed by atoms with Gasteiger partial charge in [0.1, 0.15) is 5.76 Å². The van der Waals surface area contributed by atoms with Crippen molar-refractivity contribution in [1.29, 1.82) is 0 Å². The first-order valence-corrected chi connectivity index (χ1v) is 10.2. The fourth-order valence-electron chi connectivity index (χ4n) is 3.30. The molecule has 0 atom stereocenters. The summed E-state index contributed by atoms with van der Waals surface area (Å²) >= 11 is 12.1. The van der Waals surface area contributed by atoms with E-state index in [4.69, 9.17) is 33.4 Å². The lowest BCUT2D eigenvalue weighted by atomic mass is 10.0. The number of primary amides is 1. The van der Waals surface area contributed by atoms with Crippen molar-refractivity contribution in [3.05, 3.63) is 57.5 Å². The number of hydrogen-bond acceptors (Lipinski definition) is 4. The molecule has 1 aliphatic heterocycles. The maximum absolute atomic E-state index is 11.1. The van der Waals surface area contributed by atoms with E-state index in [1.807, 2.05) is 18.2 Å². The number of nitrogens with zero attached hydrogens (tertiary/aromatic N) is 2. The molecule has 4 N–H and O–H groups in total. The summed E-state index contributed by atoms with van der Waals surface area (Å²) in [7, 11) is 1.73. The number of nitrogens with two attached hydrogens (primary N) is 1. The fraction of sp³-hybridized carbons (Fsp3) is 0.400. The number of hydrogen-bond donors (Lipinski definition) is 3. The number of carbonyl (C=O) groups is 1. The van der Waals surface area contributed by atoms with Gasteiger partial charge in [-0.05, 0) is 42.7 Å². The number of likely N-dealkylation sites (tertiary alicyclic amines) is 1. The number of rotatable bonds is 6. The molecule has 30 heavy (non-hydrogen) atoms. The van der Waals surface area contributed by atoms with E-state index in [1.165, 1.54) is 0 Å². The Bertz CT molecular complexity index is 882. The van der Waals surface area contributed by atoms with E-state index in [1.54, 1.807) is 19.2 Å². The van der Waals surface area contributed by atoms with Crippen molar-refractivity contribution in [2.24, 2.45) is 10.7 Å². The molecular weight excluding hydrogens is 540 g/mol. The minimum atomic E-state index is -0.577. The molecule has 1 aliphatic rings. The molecule has 0 bridgehead atoms. The second kappa shape index (κ2) is 11.8. The van der Waals surface area contributed by atoms with E-state index in [9.17, 15) is 4.79 Å². The molecule has 0 radical (unpaired) electrons. The molecule has 2 heterocycles. The van der Waals surface area contributed by atoms with Gasteiger partial charge >= 0.3 is 0 Å². The van der Waals surface area contributed by atoms with Crippen LogP contribution in [0.5, 0.6) is 0 Å². The lowest BCUT2D eigenvalue weighted by molar-refractivity contribution is 0.0972. The summed E-state index contributed by atoms with van der Waals surface area (Å²) < 4.78 is 5.37. The normalized spacial score (nSPS) is 15.5. The predicted octanol–water partition coefficient (Wildman–Crippen LogP) is 3.63. The van der Waals surface area contributed by atoms with E-state index < -0.39 is 5.91 Å². The van der Waals surface area contributed by atoms with Crippen LogP contribution in [0.3, 0.4) is 0 Å². The maximum atomic E-state index is 11.1. The molecule has 1 saturated heterocycles. The molecule has 0 aliphatic carbocycles. The third-order valence-electron chi connectivity index (χ3n) is 4.88. The van der Waals surface area contributed by atoms with Crippen molar-refractivity contribution in [3.63, 3.8) is 0 Å². The largest absolute Gasteiger partial charge is 0.454 e. The lowest BCUT2D eigenvalue weighted by Gasteiger charge is -2.33. The predicted molar refractivity (Wildman–Crippen MR) is 131 cm³/mol. The Morgan fingerprint density at radius 3 is 2.57 bits per heavy atom. The highest BCUT2D eigenvalue weighted by atomic mass is 127. The van der Waals surface area contributed by atoms with Crippen LogP contribution in [0.15, 0.2) is 39.7 Å². The highest BCUT2D eigenvalue weighted by Crippen LogP contribution is 2.24. The number of aliphatic imine (C=N–C) groups is 1. The Labute approximate surface area is 203 Å². The third kappa shape index (κ3) is 7.04. The molecule has 7 nitrogen and oxygen atoms in total. The zero-order valence-corrected chi connectivity index (χ0v) is 20.5. The zero-order valence-electron chi connectivity index (χ0n) is 16.7. The van der Waals surface area contributed by atoms with E-state index >= 15 is 0 Å². The number of halogens is 3. The Balaban J connectivity index is 0.00000320. The Morgan fingerprint density at radius 2 is 1.97 bits per heavy atom. The standard InChI is InChI=1S/C20H25Cl2N5O2.HI/c1-24-20(25-11-15-3-5-18(29-15)19(23)28)26-14-6-8-27(9-7-14)12-13-2-4-16(21)17(22)10-13;/h2-5,10,14H,6-9,11-12H2,1H3,(H2,23,28)(H2,24,25,26);1H. The van der Waals surface area contributed by atoms with Gasteiger partial charge in [0.2, 0.25) is 0 Å². The monoisotopic (exact) mass is 565 g/mol. The third-order valence-corrected chi connectivity index (χ3v) is 5.62. The number of piperidine rings is 1. The van der Waals surface area contributed by atoms with Gasteiger partial charge in [-0.25, -0.2) is 0 Å². The Kier molecular flexibility index (Phi) is 9.73. The SMILES string of the molecule is CN=C(NCc1ccc(C(N)=O)o1)NC1CCN(Cc2ccc(Cl)c(Cl)c2)CC1.I. The van der Waals surface area contributed by atoms with Gasteiger partial charge in [-0.15, -0.1) is 24.0 Å². The molecule has 0 unspecified atom stereocenters. The number of benzene rings is 1. The number of guanidine groups is 1. The topological polar surface area (TPSA) is 95.9 Å². The molecule has 164 valence electrons. The van der Waals surface area contributed by atoms with Crippen molar-refractivity contribution in [1.82, 2.24) is 15.5 Å². The second-order valence-corrected chi connectivity index (χ2v) is 7.81. The first kappa shape index (κ1) is 24.8. The smallest absolute Gasteiger partial charge is 0.284 e. The van der Waals surface area contributed by atoms with Crippen LogP contribution in [0.4, 0.5) is 0 Å². The summed E-state index contributed by atoms with van der Waals surface area (Å²) in [6, 6.07) is 9.42. The first-order valence-electron chi connectivity index (χ1n) is 9.46. The Hall–Kier alpha value is -1.49. The molecule has 2 aromatic rings. The summed E-state index contributed by atoms with van der Waals surface area (Å²) in [5.41, 5.74) is 6.37. The minimum absolute atomic E-state index is 0. The first-order chi connectivity index (χ1) is 13.9. The van der Waals surface area contributed by atoms with Crippen LogP contribution in [0.2, 0.25) is 10.0 Å². The molecule has 1 fully saturated rings. The van der Waals surface area contributed by atoms with Gasteiger partial charge in [0.25, 0.3) is 5.91 Å². The maximum Gasteiger partial charge on any atom is 0.284 e. The van der Waals surface area contributed by atoms with Crippen LogP contribution < -0.4 is 16.4 Å². The van der Waals surface area contributed by atoms with Crippen LogP contribution in [0.1, 0.15) is 34.7 Å². The van der Waals surface area contributed by atoms with Crippen molar-refractivity contribution >= 4 is 59.0 Å². The quantitative estimate of drug-likeness (QED) is 0.282. The summed E-state index contributed by atoms with van der Waals surface area (Å²) in [6.45, 7) is 3.24. The molecule has 0 saturated carbocycles. The van der Waals surface area contributed by atoms with Crippen LogP contribution in [-0.4, -0.2) is 42.9 Å². The zero-order chi connectivity index (χ0) is 20.8. The highest BCUT2D eigenvalue weighted by Gasteiger charge is 2.20. The van der Waals surface area contributed by atoms with Gasteiger partial charge in [-0.3, -0.25) is 14.7 Å². The minimum Gasteiger partial charge on any atom is -0.454 e. The summed E-state index contributed by atoms with van der Waals surface area (Å²) in [5.74, 6) is 0.897. The van der Waals surface area contributed by atoms with Crippen LogP contribution in [0, 0.1) is 0 Å². The van der Waals surface area contributed by atoms with Crippen LogP contribution in [0.25, 0.3) is 0 Å². The van der Waals surface area contributed by atoms with Crippen LogP contribution >= 0.6 is 47.2 Å². The fourth-order valence-corrected chi connectivity index (χ4v) is 3.62. The summed E-state index contributed by atoms with van der Waals surface area (Å²) in [5, 5.41) is 7.82. The molecule has 3 rings (SSSR count). The van der Waals surface area contributed by atoms with E-state index in [0.29, 0.717) is 34.4 Å². The van der Waals surface area contributed by atoms with E-state index in [2.05, 4.69) is 20.5 Å². The van der Waals surface area contributed by atoms with Crippen LogP contribution in [-0.2, 0) is 13.1 Å². The Morgan fingerprint density at radius 1 is 1.23 bits per heavy atom. The van der Waals surface area contributed by atoms with Crippen molar-refractivity contribution in [2.75, 3.05) is 20.1 Å². The van der Waals surface area contributed by atoms with Gasteiger partial charge in [0, 0.05) is 32.7 Å². The van der Waals surface area contributed by atoms with Gasteiger partial charge in [0.05, 0.1) is 16.6 Å². The van der Waals surface area contributed by atoms with Crippen molar-refractivity contribution < 1.29 is 9.21 Å². The summed E-state index contributed by atoms with van der Waals surface area (Å²) in [4.78, 5) is 17.8. The van der Waals surface area contributed by atoms with Crippen molar-refractivity contribution in [2.45, 2.75) is 32.0 Å². The number of carbonyl (C=O) groups excluding carboxylic acids is 1. The molecular formula is C20H26Cl2IN5O2. The molecule has 10 heteroatoms. The number of furan rings is 1. The number of nitrogens with one attached hydrogen (secondary N) is 2. The molecule has 1 amide bonds. The summed E-state index contributed by atoms with van der Waals surface area (Å²) in [6.07, 6.45) is 2.02. The molecule has 1 aromatic heterocycles. The van der Waals surface area contributed by atoms with Gasteiger partial charge in [-0.1, -0.05) is 29.3 Å². The number of amides is 1. The average Bonchev–Trinajstić information content (AvgIpc) is 3.19. The highest BCUT2D eigenvalue weighted by molar-refractivity contribution is 14.0. The second-order valence-electron chi connectivity index (χ2n) is 7.00. The molecule has 1 aromatic carbocycles. The average molecular weight is 566 g/mol.